The van der Waals surface area contributed by atoms with Crippen molar-refractivity contribution in [2.45, 2.75) is 206 Å². The second-order valence-corrected chi connectivity index (χ2v) is 15.9. The third-order valence-corrected chi connectivity index (χ3v) is 10.2. The molecule has 0 heterocycles. The van der Waals surface area contributed by atoms with Gasteiger partial charge in [-0.2, -0.15) is 0 Å². The average molecular weight is 844 g/mol. The van der Waals surface area contributed by atoms with Crippen LogP contribution in [0.25, 0.3) is 0 Å². The van der Waals surface area contributed by atoms with E-state index >= 15 is 0 Å². The molecule has 3 N–H and O–H groups in total. The van der Waals surface area contributed by atoms with Crippen molar-refractivity contribution in [3.63, 3.8) is 0 Å². The van der Waals surface area contributed by atoms with E-state index in [1.807, 2.05) is 60.8 Å². The van der Waals surface area contributed by atoms with E-state index in [0.717, 1.165) is 57.8 Å². The summed E-state index contributed by atoms with van der Waals surface area (Å²) < 4.78 is 5.76. The second kappa shape index (κ2) is 47.3. The van der Waals surface area contributed by atoms with Gasteiger partial charge in [-0.15, -0.1) is 0 Å². The van der Waals surface area contributed by atoms with Gasteiger partial charge in [0.2, 0.25) is 5.91 Å². The Hall–Kier alpha value is -3.74. The predicted molar refractivity (Wildman–Crippen MR) is 263 cm³/mol. The highest BCUT2D eigenvalue weighted by Gasteiger charge is 2.23. The summed E-state index contributed by atoms with van der Waals surface area (Å²) in [5.74, 6) is -0.730. The third-order valence-electron chi connectivity index (χ3n) is 10.2. The zero-order valence-electron chi connectivity index (χ0n) is 39.0. The minimum Gasteiger partial charge on any atom is -0.458 e. The Kier molecular flexibility index (Phi) is 44.4. The van der Waals surface area contributed by atoms with Crippen molar-refractivity contribution in [1.29, 1.82) is 0 Å². The lowest BCUT2D eigenvalue weighted by Crippen LogP contribution is -2.46. The number of hydrogen-bond donors (Lipinski definition) is 3. The average Bonchev–Trinajstić information content (AvgIpc) is 3.25. The number of amides is 1. The quantitative estimate of drug-likeness (QED) is 0.0247. The van der Waals surface area contributed by atoms with Crippen LogP contribution in [0.3, 0.4) is 0 Å². The number of carbonyl (C=O) groups is 2. The summed E-state index contributed by atoms with van der Waals surface area (Å²) in [6.07, 6.45) is 65.8. The lowest BCUT2D eigenvalue weighted by molar-refractivity contribution is -0.148. The van der Waals surface area contributed by atoms with Crippen molar-refractivity contribution in [2.75, 3.05) is 6.61 Å². The Morgan fingerprint density at radius 1 is 0.525 bits per heavy atom. The zero-order chi connectivity index (χ0) is 44.5. The molecule has 3 atom stereocenters. The Morgan fingerprint density at radius 2 is 0.967 bits per heavy atom. The first kappa shape index (κ1) is 57.3. The summed E-state index contributed by atoms with van der Waals surface area (Å²) >= 11 is 0. The maximum atomic E-state index is 13.1. The van der Waals surface area contributed by atoms with Crippen LogP contribution in [-0.4, -0.2) is 46.9 Å². The molecule has 0 aromatic carbocycles. The Morgan fingerprint density at radius 3 is 1.46 bits per heavy atom. The van der Waals surface area contributed by atoms with Crippen LogP contribution in [0.2, 0.25) is 0 Å². The van der Waals surface area contributed by atoms with Crippen LogP contribution < -0.4 is 5.32 Å². The predicted octanol–water partition coefficient (Wildman–Crippen LogP) is 14.5. The van der Waals surface area contributed by atoms with Gasteiger partial charge in [0.1, 0.15) is 6.10 Å². The molecule has 0 bridgehead atoms. The van der Waals surface area contributed by atoms with Gasteiger partial charge in [0.25, 0.3) is 0 Å². The van der Waals surface area contributed by atoms with Crippen LogP contribution in [-0.2, 0) is 14.3 Å². The van der Waals surface area contributed by atoms with E-state index in [9.17, 15) is 19.8 Å². The standard InChI is InChI=1S/C55H89NO5/c1-4-7-10-13-16-19-22-25-27-30-32-35-38-41-44-47-53(58)52(50-57)56-54(59)49-51(46-43-40-37-34-31-29-26-23-20-17-14-11-8-5-2)61-55(60)48-45-42-39-36-33-28-24-21-18-15-12-9-6-3/h8-9,11-12,15,17-18,20-21,24,26,28-29,33-34,36-37,39,43,46,51-53,57-58H,4-7,10,13-14,16,19,22-23,25,27,30-32,35,38,40-42,44-45,47-50H2,1-3H3,(H,56,59)/b11-8+,12-9+,18-15+,20-17+,24-21-,29-26+,33-28-,37-34+,39-36+,46-43+. The number of aliphatic hydroxyl groups is 2. The smallest absolute Gasteiger partial charge is 0.306 e. The molecule has 61 heavy (non-hydrogen) atoms. The highest BCUT2D eigenvalue weighted by Crippen LogP contribution is 2.15. The van der Waals surface area contributed by atoms with E-state index in [1.54, 1.807) is 6.08 Å². The fourth-order valence-corrected chi connectivity index (χ4v) is 6.54. The van der Waals surface area contributed by atoms with E-state index < -0.39 is 18.2 Å². The van der Waals surface area contributed by atoms with Crippen molar-refractivity contribution in [3.05, 3.63) is 122 Å². The summed E-state index contributed by atoms with van der Waals surface area (Å²) in [4.78, 5) is 26.0. The summed E-state index contributed by atoms with van der Waals surface area (Å²) in [6.45, 7) is 6.15. The molecule has 344 valence electrons. The largest absolute Gasteiger partial charge is 0.458 e. The van der Waals surface area contributed by atoms with Gasteiger partial charge in [-0.1, -0.05) is 233 Å². The summed E-state index contributed by atoms with van der Waals surface area (Å²) in [5, 5.41) is 23.7. The van der Waals surface area contributed by atoms with Crippen LogP contribution in [0.15, 0.2) is 122 Å². The lowest BCUT2D eigenvalue weighted by Gasteiger charge is -2.23. The molecule has 0 rings (SSSR count). The van der Waals surface area contributed by atoms with Crippen molar-refractivity contribution < 1.29 is 24.5 Å². The van der Waals surface area contributed by atoms with Gasteiger partial charge in [-0.3, -0.25) is 9.59 Å². The molecule has 0 fully saturated rings. The van der Waals surface area contributed by atoms with Crippen LogP contribution >= 0.6 is 0 Å². The van der Waals surface area contributed by atoms with Gasteiger partial charge in [-0.25, -0.2) is 0 Å². The molecular formula is C55H89NO5. The highest BCUT2D eigenvalue weighted by atomic mass is 16.5. The summed E-state index contributed by atoms with van der Waals surface area (Å²) in [5.41, 5.74) is 0. The monoisotopic (exact) mass is 844 g/mol. The van der Waals surface area contributed by atoms with Gasteiger partial charge in [0.15, 0.2) is 0 Å². The van der Waals surface area contributed by atoms with Crippen LogP contribution in [0, 0.1) is 0 Å². The van der Waals surface area contributed by atoms with E-state index in [4.69, 9.17) is 4.74 Å². The van der Waals surface area contributed by atoms with E-state index in [1.165, 1.54) is 77.0 Å². The maximum absolute atomic E-state index is 13.1. The molecule has 0 aliphatic heterocycles. The molecule has 0 saturated heterocycles. The zero-order valence-corrected chi connectivity index (χ0v) is 39.0. The number of carbonyl (C=O) groups excluding carboxylic acids is 2. The first-order valence-electron chi connectivity index (χ1n) is 24.3. The fraction of sp³-hybridized carbons (Fsp3) is 0.600. The number of aliphatic hydroxyl groups excluding tert-OH is 2. The van der Waals surface area contributed by atoms with Gasteiger partial charge in [-0.05, 0) is 63.9 Å². The van der Waals surface area contributed by atoms with E-state index in [0.29, 0.717) is 19.3 Å². The molecule has 6 nitrogen and oxygen atoms in total. The normalized spacial score (nSPS) is 14.4. The summed E-state index contributed by atoms with van der Waals surface area (Å²) in [6, 6.07) is -0.764. The number of allylic oxidation sites excluding steroid dienone is 19. The molecular weight excluding hydrogens is 755 g/mol. The number of ether oxygens (including phenoxy) is 1. The Labute approximate surface area is 374 Å². The first-order valence-corrected chi connectivity index (χ1v) is 24.3. The minimum absolute atomic E-state index is 0.0824. The number of nitrogens with one attached hydrogen (secondary N) is 1. The molecule has 0 radical (unpaired) electrons. The number of unbranched alkanes of at least 4 members (excludes halogenated alkanes) is 15. The maximum Gasteiger partial charge on any atom is 0.306 e. The van der Waals surface area contributed by atoms with Crippen molar-refractivity contribution in [2.24, 2.45) is 0 Å². The number of rotatable bonds is 41. The minimum atomic E-state index is -0.839. The third kappa shape index (κ3) is 42.7. The molecule has 0 spiro atoms. The van der Waals surface area contributed by atoms with E-state index in [2.05, 4.69) is 80.8 Å². The molecule has 0 aromatic rings. The van der Waals surface area contributed by atoms with Crippen LogP contribution in [0.5, 0.6) is 0 Å². The molecule has 0 aromatic heterocycles. The molecule has 0 saturated carbocycles. The topological polar surface area (TPSA) is 95.9 Å². The SMILES string of the molecule is CC/C=C/C=C/C=C\C=C/C=C/CCCC(=O)OC(/C=C/C/C=C/C/C=C/C/C=C/C/C=C/CC)CC(=O)NC(CO)C(O)CCCCCCCCCCCCCCCCC. The first-order chi connectivity index (χ1) is 30.0. The van der Waals surface area contributed by atoms with E-state index in [-0.39, 0.29) is 31.3 Å². The van der Waals surface area contributed by atoms with Crippen molar-refractivity contribution in [1.82, 2.24) is 5.32 Å². The Bertz CT molecular complexity index is 1310. The van der Waals surface area contributed by atoms with Crippen molar-refractivity contribution >= 4 is 11.9 Å². The van der Waals surface area contributed by atoms with Gasteiger partial charge in [0.05, 0.1) is 25.2 Å². The fourth-order valence-electron chi connectivity index (χ4n) is 6.54. The molecule has 6 heteroatoms. The lowest BCUT2D eigenvalue weighted by atomic mass is 10.0. The molecule has 1 amide bonds. The van der Waals surface area contributed by atoms with Crippen molar-refractivity contribution in [3.8, 4) is 0 Å². The van der Waals surface area contributed by atoms with Gasteiger partial charge < -0.3 is 20.3 Å². The van der Waals surface area contributed by atoms with Crippen LogP contribution in [0.1, 0.15) is 188 Å². The number of esters is 1. The molecule has 0 aliphatic rings. The van der Waals surface area contributed by atoms with Crippen LogP contribution in [0.4, 0.5) is 0 Å². The molecule has 3 unspecified atom stereocenters. The number of hydrogen-bond acceptors (Lipinski definition) is 5. The highest BCUT2D eigenvalue weighted by molar-refractivity contribution is 5.78. The van der Waals surface area contributed by atoms with Gasteiger partial charge >= 0.3 is 5.97 Å². The Balaban J connectivity index is 4.84. The van der Waals surface area contributed by atoms with Gasteiger partial charge in [0, 0.05) is 6.42 Å². The molecule has 0 aliphatic carbocycles. The summed E-state index contributed by atoms with van der Waals surface area (Å²) in [7, 11) is 0. The second-order valence-electron chi connectivity index (χ2n) is 15.9.